The molecule has 1 heterocycles. The van der Waals surface area contributed by atoms with Crippen molar-refractivity contribution in [2.45, 2.75) is 25.8 Å². The van der Waals surface area contributed by atoms with E-state index in [1.54, 1.807) is 11.3 Å². The largest absolute Gasteiger partial charge is 0.235 e. The maximum absolute atomic E-state index is 4.38. The first-order valence-corrected chi connectivity index (χ1v) is 5.11. The molecule has 0 N–H and O–H groups in total. The first kappa shape index (κ1) is 8.08. The summed E-state index contributed by atoms with van der Waals surface area (Å²) in [5.74, 6) is 1.12. The van der Waals surface area contributed by atoms with Crippen LogP contribution in [0.15, 0.2) is 5.03 Å². The van der Waals surface area contributed by atoms with Crippen LogP contribution in [0.1, 0.15) is 16.8 Å². The molecule has 1 nitrogen and oxygen atoms in total. The van der Waals surface area contributed by atoms with Gasteiger partial charge in [0.2, 0.25) is 0 Å². The summed E-state index contributed by atoms with van der Waals surface area (Å²) in [5.41, 5.74) is 0. The van der Waals surface area contributed by atoms with E-state index in [1.807, 2.05) is 11.8 Å². The molecule has 0 aliphatic carbocycles. The van der Waals surface area contributed by atoms with Gasteiger partial charge in [-0.2, -0.15) is 0 Å². The summed E-state index contributed by atoms with van der Waals surface area (Å²) in [6, 6.07) is 0. The van der Waals surface area contributed by atoms with Crippen molar-refractivity contribution in [3.8, 4) is 0 Å². The van der Waals surface area contributed by atoms with Crippen molar-refractivity contribution in [1.29, 1.82) is 0 Å². The van der Waals surface area contributed by atoms with Crippen LogP contribution >= 0.6 is 23.1 Å². The fourth-order valence-corrected chi connectivity index (χ4v) is 2.53. The lowest BCUT2D eigenvalue weighted by Gasteiger charge is -1.90. The number of aryl methyl sites for hydroxylation is 2. The zero-order valence-corrected chi connectivity index (χ0v) is 8.10. The number of hydrogen-bond donors (Lipinski definition) is 0. The average molecular weight is 173 g/mol. The second-order valence-corrected chi connectivity index (χ2v) is 4.69. The van der Waals surface area contributed by atoms with E-state index in [-0.39, 0.29) is 0 Å². The molecule has 0 spiro atoms. The van der Waals surface area contributed by atoms with E-state index in [0.717, 1.165) is 5.75 Å². The van der Waals surface area contributed by atoms with Crippen molar-refractivity contribution in [1.82, 2.24) is 4.98 Å². The molecule has 56 valence electrons. The number of thiazole rings is 1. The Morgan fingerprint density at radius 3 is 2.60 bits per heavy atom. The molecule has 10 heavy (non-hydrogen) atoms. The molecule has 0 aromatic carbocycles. The molecule has 0 unspecified atom stereocenters. The summed E-state index contributed by atoms with van der Waals surface area (Å²) in [6.45, 7) is 6.33. The molecule has 0 amide bonds. The van der Waals surface area contributed by atoms with Crippen LogP contribution in [0.3, 0.4) is 0 Å². The van der Waals surface area contributed by atoms with Gasteiger partial charge >= 0.3 is 0 Å². The summed E-state index contributed by atoms with van der Waals surface area (Å²) in [7, 11) is 0. The van der Waals surface area contributed by atoms with E-state index < -0.39 is 0 Å². The minimum Gasteiger partial charge on any atom is -0.235 e. The van der Waals surface area contributed by atoms with Crippen LogP contribution in [0, 0.1) is 13.8 Å². The van der Waals surface area contributed by atoms with Crippen LogP contribution in [0.5, 0.6) is 0 Å². The highest BCUT2D eigenvalue weighted by Crippen LogP contribution is 2.25. The Hall–Kier alpha value is -0.0200. The summed E-state index contributed by atoms with van der Waals surface area (Å²) in [6.07, 6.45) is 0. The lowest BCUT2D eigenvalue weighted by molar-refractivity contribution is 1.11. The van der Waals surface area contributed by atoms with E-state index in [2.05, 4.69) is 25.8 Å². The van der Waals surface area contributed by atoms with E-state index in [0.29, 0.717) is 0 Å². The maximum Gasteiger partial charge on any atom is 0.110 e. The minimum absolute atomic E-state index is 1.12. The number of rotatable bonds is 2. The van der Waals surface area contributed by atoms with Crippen molar-refractivity contribution < 1.29 is 0 Å². The lowest BCUT2D eigenvalue weighted by atomic mass is 10.6. The minimum atomic E-state index is 1.12. The fraction of sp³-hybridized carbons (Fsp3) is 0.571. The normalized spacial score (nSPS) is 10.3. The Labute approximate surface area is 69.9 Å². The standard InChI is InChI=1S/C7H11NS2/c1-4-9-7-5(2)10-6(3)8-7/h4H2,1-3H3. The quantitative estimate of drug-likeness (QED) is 0.638. The Kier molecular flexibility index (Phi) is 2.74. The Morgan fingerprint density at radius 1 is 1.50 bits per heavy atom. The predicted octanol–water partition coefficient (Wildman–Crippen LogP) is 2.87. The Balaban J connectivity index is 2.81. The van der Waals surface area contributed by atoms with Gasteiger partial charge in [0.1, 0.15) is 5.03 Å². The van der Waals surface area contributed by atoms with Crippen LogP contribution in [0.25, 0.3) is 0 Å². The Morgan fingerprint density at radius 2 is 2.20 bits per heavy atom. The third kappa shape index (κ3) is 1.73. The lowest BCUT2D eigenvalue weighted by Crippen LogP contribution is -1.74. The maximum atomic E-state index is 4.38. The second kappa shape index (κ2) is 3.39. The third-order valence-corrected chi connectivity index (χ3v) is 3.12. The first-order valence-electron chi connectivity index (χ1n) is 3.31. The van der Waals surface area contributed by atoms with Gasteiger partial charge in [-0.25, -0.2) is 4.98 Å². The average Bonchev–Trinajstić information content (AvgIpc) is 2.13. The zero-order chi connectivity index (χ0) is 7.56. The first-order chi connectivity index (χ1) is 4.74. The summed E-state index contributed by atoms with van der Waals surface area (Å²) in [5, 5.41) is 2.39. The molecule has 0 radical (unpaired) electrons. The van der Waals surface area contributed by atoms with Crippen LogP contribution < -0.4 is 0 Å². The molecule has 0 bridgehead atoms. The van der Waals surface area contributed by atoms with Crippen molar-refractivity contribution in [2.75, 3.05) is 5.75 Å². The molecule has 0 saturated carbocycles. The van der Waals surface area contributed by atoms with E-state index in [9.17, 15) is 0 Å². The van der Waals surface area contributed by atoms with Crippen LogP contribution in [0.2, 0.25) is 0 Å². The van der Waals surface area contributed by atoms with Gasteiger partial charge in [-0.1, -0.05) is 6.92 Å². The highest BCUT2D eigenvalue weighted by molar-refractivity contribution is 7.99. The topological polar surface area (TPSA) is 12.9 Å². The molecule has 0 saturated heterocycles. The molecule has 1 aromatic rings. The number of aromatic nitrogens is 1. The van der Waals surface area contributed by atoms with Gasteiger partial charge < -0.3 is 0 Å². The molecule has 1 rings (SSSR count). The molecule has 3 heteroatoms. The summed E-state index contributed by atoms with van der Waals surface area (Å²) < 4.78 is 0. The van der Waals surface area contributed by atoms with Gasteiger partial charge in [0.25, 0.3) is 0 Å². The van der Waals surface area contributed by atoms with E-state index >= 15 is 0 Å². The van der Waals surface area contributed by atoms with Gasteiger partial charge in [-0.05, 0) is 19.6 Å². The molecule has 0 aliphatic rings. The zero-order valence-electron chi connectivity index (χ0n) is 6.47. The molecule has 0 fully saturated rings. The number of hydrogen-bond acceptors (Lipinski definition) is 3. The second-order valence-electron chi connectivity index (χ2n) is 2.03. The SMILES string of the molecule is CCSc1nc(C)sc1C. The fourth-order valence-electron chi connectivity index (χ4n) is 0.780. The van der Waals surface area contributed by atoms with Gasteiger partial charge in [-0.3, -0.25) is 0 Å². The van der Waals surface area contributed by atoms with Crippen molar-refractivity contribution in [3.05, 3.63) is 9.88 Å². The third-order valence-electron chi connectivity index (χ3n) is 1.14. The van der Waals surface area contributed by atoms with Crippen LogP contribution in [-0.2, 0) is 0 Å². The summed E-state index contributed by atoms with van der Waals surface area (Å²) in [4.78, 5) is 5.73. The highest BCUT2D eigenvalue weighted by Gasteiger charge is 2.02. The van der Waals surface area contributed by atoms with Gasteiger partial charge in [0.15, 0.2) is 0 Å². The van der Waals surface area contributed by atoms with Crippen LogP contribution in [-0.4, -0.2) is 10.7 Å². The van der Waals surface area contributed by atoms with Crippen molar-refractivity contribution >= 4 is 23.1 Å². The monoisotopic (exact) mass is 173 g/mol. The predicted molar refractivity (Wildman–Crippen MR) is 48.0 cm³/mol. The van der Waals surface area contributed by atoms with E-state index in [1.165, 1.54) is 14.9 Å². The number of thioether (sulfide) groups is 1. The van der Waals surface area contributed by atoms with Gasteiger partial charge in [0.05, 0.1) is 5.01 Å². The van der Waals surface area contributed by atoms with Crippen molar-refractivity contribution in [3.63, 3.8) is 0 Å². The van der Waals surface area contributed by atoms with Gasteiger partial charge in [-0.15, -0.1) is 23.1 Å². The van der Waals surface area contributed by atoms with Crippen molar-refractivity contribution in [2.24, 2.45) is 0 Å². The van der Waals surface area contributed by atoms with E-state index in [4.69, 9.17) is 0 Å². The molecular formula is C7H11NS2. The highest BCUT2D eigenvalue weighted by atomic mass is 32.2. The molecule has 0 atom stereocenters. The summed E-state index contributed by atoms with van der Waals surface area (Å²) >= 11 is 3.60. The van der Waals surface area contributed by atoms with Gasteiger partial charge in [0, 0.05) is 4.88 Å². The Bertz CT molecular complexity index is 217. The van der Waals surface area contributed by atoms with Crippen LogP contribution in [0.4, 0.5) is 0 Å². The smallest absolute Gasteiger partial charge is 0.110 e. The molecule has 1 aromatic heterocycles. The number of nitrogens with zero attached hydrogens (tertiary/aromatic N) is 1. The molecular weight excluding hydrogens is 162 g/mol. The molecule has 0 aliphatic heterocycles.